The van der Waals surface area contributed by atoms with Crippen molar-refractivity contribution in [3.8, 4) is 0 Å². The molecule has 4 saturated carbocycles. The van der Waals surface area contributed by atoms with Crippen molar-refractivity contribution in [3.63, 3.8) is 0 Å². The smallest absolute Gasteiger partial charge is 0.235 e. The van der Waals surface area contributed by atoms with Gasteiger partial charge in [-0.3, -0.25) is 9.69 Å². The van der Waals surface area contributed by atoms with Crippen LogP contribution in [-0.2, 0) is 17.9 Å². The summed E-state index contributed by atoms with van der Waals surface area (Å²) < 4.78 is 0. The first-order chi connectivity index (χ1) is 11.2. The highest BCUT2D eigenvalue weighted by molar-refractivity contribution is 5.80. The molecule has 1 aromatic carbocycles. The highest BCUT2D eigenvalue weighted by Crippen LogP contribution is 2.58. The summed E-state index contributed by atoms with van der Waals surface area (Å²) in [5, 5.41) is 0. The van der Waals surface area contributed by atoms with Crippen molar-refractivity contribution in [2.75, 3.05) is 0 Å². The van der Waals surface area contributed by atoms with Crippen LogP contribution in [0.15, 0.2) is 24.3 Å². The maximum atomic E-state index is 12.4. The first kappa shape index (κ1) is 14.0. The SMILES string of the molecule is NC(=O)C(C1C2CC3CC(C2)CC1C3)N1Cc2ccccc2C1. The van der Waals surface area contributed by atoms with Gasteiger partial charge < -0.3 is 5.73 Å². The molecule has 4 aliphatic carbocycles. The number of primary amides is 1. The molecule has 23 heavy (non-hydrogen) atoms. The summed E-state index contributed by atoms with van der Waals surface area (Å²) in [7, 11) is 0. The number of benzene rings is 1. The number of hydrogen-bond acceptors (Lipinski definition) is 2. The van der Waals surface area contributed by atoms with Gasteiger partial charge in [0.05, 0.1) is 6.04 Å². The summed E-state index contributed by atoms with van der Waals surface area (Å²) in [4.78, 5) is 14.8. The van der Waals surface area contributed by atoms with Gasteiger partial charge in [0.1, 0.15) is 0 Å². The van der Waals surface area contributed by atoms with Crippen LogP contribution in [0.1, 0.15) is 43.2 Å². The van der Waals surface area contributed by atoms with E-state index in [2.05, 4.69) is 29.2 Å². The van der Waals surface area contributed by atoms with Gasteiger partial charge in [0.25, 0.3) is 0 Å². The van der Waals surface area contributed by atoms with Crippen LogP contribution < -0.4 is 5.73 Å². The second-order valence-electron chi connectivity index (χ2n) is 8.53. The van der Waals surface area contributed by atoms with Crippen LogP contribution in [0, 0.1) is 29.6 Å². The Hall–Kier alpha value is -1.35. The molecule has 5 aliphatic rings. The van der Waals surface area contributed by atoms with Gasteiger partial charge >= 0.3 is 0 Å². The van der Waals surface area contributed by atoms with Crippen LogP contribution in [0.25, 0.3) is 0 Å². The Morgan fingerprint density at radius 2 is 1.48 bits per heavy atom. The standard InChI is InChI=1S/C20H26N2O/c21-20(23)19(22-10-14-3-1-2-4-15(14)11-22)18-16-6-12-5-13(8-16)9-17(18)7-12/h1-4,12-13,16-19H,5-11H2,(H2,21,23). The van der Waals surface area contributed by atoms with E-state index in [0.29, 0.717) is 5.92 Å². The summed E-state index contributed by atoms with van der Waals surface area (Å²) in [6, 6.07) is 8.54. The molecule has 1 atom stereocenters. The fraction of sp³-hybridized carbons (Fsp3) is 0.650. The summed E-state index contributed by atoms with van der Waals surface area (Å²) in [5.74, 6) is 3.79. The van der Waals surface area contributed by atoms with E-state index in [4.69, 9.17) is 5.73 Å². The number of rotatable bonds is 3. The summed E-state index contributed by atoms with van der Waals surface area (Å²) in [5.41, 5.74) is 8.71. The molecule has 1 amide bonds. The van der Waals surface area contributed by atoms with Gasteiger partial charge in [-0.15, -0.1) is 0 Å². The molecule has 3 nitrogen and oxygen atoms in total. The van der Waals surface area contributed by atoms with Crippen molar-refractivity contribution in [1.29, 1.82) is 0 Å². The highest BCUT2D eigenvalue weighted by atomic mass is 16.1. The zero-order chi connectivity index (χ0) is 15.6. The normalized spacial score (nSPS) is 39.4. The Bertz CT molecular complexity index is 587. The maximum Gasteiger partial charge on any atom is 0.235 e. The quantitative estimate of drug-likeness (QED) is 0.933. The molecule has 1 aliphatic heterocycles. The van der Waals surface area contributed by atoms with Gasteiger partial charge in [0.2, 0.25) is 5.91 Å². The van der Waals surface area contributed by atoms with Crippen molar-refractivity contribution in [3.05, 3.63) is 35.4 Å². The largest absolute Gasteiger partial charge is 0.368 e. The van der Waals surface area contributed by atoms with E-state index in [1.54, 1.807) is 0 Å². The van der Waals surface area contributed by atoms with E-state index in [-0.39, 0.29) is 11.9 Å². The lowest BCUT2D eigenvalue weighted by Crippen LogP contribution is -2.57. The first-order valence-corrected chi connectivity index (χ1v) is 9.29. The molecule has 0 saturated heterocycles. The Morgan fingerprint density at radius 3 is 1.96 bits per heavy atom. The second-order valence-corrected chi connectivity index (χ2v) is 8.53. The van der Waals surface area contributed by atoms with Crippen LogP contribution in [0.2, 0.25) is 0 Å². The lowest BCUT2D eigenvalue weighted by molar-refractivity contribution is -0.135. The van der Waals surface area contributed by atoms with Gasteiger partial charge in [-0.05, 0) is 72.8 Å². The summed E-state index contributed by atoms with van der Waals surface area (Å²) in [6.45, 7) is 1.79. The molecule has 0 radical (unpaired) electrons. The minimum Gasteiger partial charge on any atom is -0.368 e. The monoisotopic (exact) mass is 310 g/mol. The first-order valence-electron chi connectivity index (χ1n) is 9.29. The third kappa shape index (κ3) is 2.16. The fourth-order valence-electron chi connectivity index (χ4n) is 6.65. The lowest BCUT2D eigenvalue weighted by atomic mass is 9.50. The summed E-state index contributed by atoms with van der Waals surface area (Å²) >= 11 is 0. The van der Waals surface area contributed by atoms with Gasteiger partial charge in [-0.2, -0.15) is 0 Å². The molecule has 6 rings (SSSR count). The maximum absolute atomic E-state index is 12.4. The third-order valence-corrected chi connectivity index (χ3v) is 7.21. The lowest BCUT2D eigenvalue weighted by Gasteiger charge is -2.56. The number of amides is 1. The molecule has 2 N–H and O–H groups in total. The predicted octanol–water partition coefficient (Wildman–Crippen LogP) is 2.93. The molecule has 0 aromatic heterocycles. The van der Waals surface area contributed by atoms with E-state index in [0.717, 1.165) is 36.8 Å². The van der Waals surface area contributed by atoms with Crippen LogP contribution in [0.3, 0.4) is 0 Å². The van der Waals surface area contributed by atoms with Crippen LogP contribution in [-0.4, -0.2) is 16.8 Å². The van der Waals surface area contributed by atoms with E-state index in [1.165, 1.54) is 43.2 Å². The van der Waals surface area contributed by atoms with Crippen molar-refractivity contribution in [2.24, 2.45) is 35.3 Å². The molecule has 1 unspecified atom stereocenters. The number of fused-ring (bicyclic) bond motifs is 1. The number of hydrogen-bond donors (Lipinski definition) is 1. The van der Waals surface area contributed by atoms with Gasteiger partial charge in [0.15, 0.2) is 0 Å². The van der Waals surface area contributed by atoms with Crippen LogP contribution in [0.5, 0.6) is 0 Å². The number of carbonyl (C=O) groups is 1. The molecular weight excluding hydrogens is 284 g/mol. The van der Waals surface area contributed by atoms with Crippen LogP contribution in [0.4, 0.5) is 0 Å². The summed E-state index contributed by atoms with van der Waals surface area (Å²) in [6.07, 6.45) is 6.85. The molecular formula is C20H26N2O. The number of carbonyl (C=O) groups excluding carboxylic acids is 1. The molecule has 4 fully saturated rings. The van der Waals surface area contributed by atoms with E-state index in [1.807, 2.05) is 0 Å². The molecule has 0 spiro atoms. The Morgan fingerprint density at radius 1 is 0.957 bits per heavy atom. The Kier molecular flexibility index (Phi) is 3.09. The molecule has 122 valence electrons. The molecule has 3 heteroatoms. The van der Waals surface area contributed by atoms with Gasteiger partial charge in [-0.1, -0.05) is 24.3 Å². The fourth-order valence-corrected chi connectivity index (χ4v) is 6.65. The van der Waals surface area contributed by atoms with Crippen LogP contribution >= 0.6 is 0 Å². The van der Waals surface area contributed by atoms with Crippen molar-refractivity contribution >= 4 is 5.91 Å². The predicted molar refractivity (Wildman–Crippen MR) is 89.2 cm³/mol. The molecule has 1 heterocycles. The molecule has 1 aromatic rings. The minimum atomic E-state index is -0.0877. The average Bonchev–Trinajstić information content (AvgIpc) is 2.92. The Balaban J connectivity index is 1.44. The number of nitrogens with zero attached hydrogens (tertiary/aromatic N) is 1. The van der Waals surface area contributed by atoms with Crippen molar-refractivity contribution < 1.29 is 4.79 Å². The van der Waals surface area contributed by atoms with E-state index in [9.17, 15) is 4.79 Å². The van der Waals surface area contributed by atoms with E-state index >= 15 is 0 Å². The van der Waals surface area contributed by atoms with Gasteiger partial charge in [0, 0.05) is 13.1 Å². The second kappa shape index (κ2) is 5.07. The van der Waals surface area contributed by atoms with Crippen molar-refractivity contribution in [2.45, 2.75) is 51.2 Å². The van der Waals surface area contributed by atoms with Crippen molar-refractivity contribution in [1.82, 2.24) is 4.90 Å². The highest BCUT2D eigenvalue weighted by Gasteiger charge is 2.53. The van der Waals surface area contributed by atoms with E-state index < -0.39 is 0 Å². The topological polar surface area (TPSA) is 46.3 Å². The average molecular weight is 310 g/mol. The zero-order valence-electron chi connectivity index (χ0n) is 13.7. The molecule has 4 bridgehead atoms. The number of nitrogens with two attached hydrogens (primary N) is 1. The Labute approximate surface area is 138 Å². The van der Waals surface area contributed by atoms with Gasteiger partial charge in [-0.25, -0.2) is 0 Å². The minimum absolute atomic E-state index is 0.0580. The third-order valence-electron chi connectivity index (χ3n) is 7.21. The zero-order valence-corrected chi connectivity index (χ0v) is 13.7.